The summed E-state index contributed by atoms with van der Waals surface area (Å²) >= 11 is 0. The van der Waals surface area contributed by atoms with Crippen molar-refractivity contribution in [3.05, 3.63) is 215 Å². The number of rotatable bonds is 21. The quantitative estimate of drug-likeness (QED) is 0.0636. The first-order chi connectivity index (χ1) is 34.2. The van der Waals surface area contributed by atoms with E-state index in [2.05, 4.69) is 0 Å². The highest BCUT2D eigenvalue weighted by Gasteiger charge is 2.67. The van der Waals surface area contributed by atoms with Crippen molar-refractivity contribution in [3.8, 4) is 0 Å². The lowest BCUT2D eigenvalue weighted by molar-refractivity contribution is -0.399. The van der Waals surface area contributed by atoms with Crippen LogP contribution in [-0.2, 0) is 78.5 Å². The fourth-order valence-corrected chi connectivity index (χ4v) is 8.84. The Morgan fingerprint density at radius 1 is 0.471 bits per heavy atom. The molecule has 0 aromatic heterocycles. The molecule has 0 N–H and O–H groups in total. The molecule has 9 rings (SSSR count). The van der Waals surface area contributed by atoms with Crippen LogP contribution in [0.5, 0.6) is 0 Å². The van der Waals surface area contributed by atoms with Gasteiger partial charge in [-0.25, -0.2) is 9.59 Å². The van der Waals surface area contributed by atoms with Gasteiger partial charge in [0.15, 0.2) is 12.1 Å². The highest BCUT2D eigenvalue weighted by atomic mass is 16.9. The van der Waals surface area contributed by atoms with Gasteiger partial charge < -0.3 is 52.1 Å². The Balaban J connectivity index is 1.10. The molecule has 0 bridgehead atoms. The largest absolute Gasteiger partial charge is 0.459 e. The average Bonchev–Trinajstić information content (AvgIpc) is 3.87. The number of hydrogen-bond donors (Lipinski definition) is 0. The smallest absolute Gasteiger partial charge is 0.338 e. The maximum absolute atomic E-state index is 13.8. The molecule has 6 aromatic rings. The summed E-state index contributed by atoms with van der Waals surface area (Å²) in [6.45, 7) is 3.68. The van der Waals surface area contributed by atoms with E-state index in [1.807, 2.05) is 133 Å². The SMILES string of the molecule is CC1(C)O[C@H]2[C@@H](O1)[C@](COC(=O)c1ccccc1)(O[C@@H]1O[C@H](COCc3ccccc3)[C@@H](OCc3ccccc3)[C@H](OCc3ccccc3)[C@@H]1OCc1ccccc1)O[C@@H]2COC(=O)c1ccccc1. The van der Waals surface area contributed by atoms with Crippen LogP contribution in [0.15, 0.2) is 182 Å². The highest BCUT2D eigenvalue weighted by molar-refractivity contribution is 5.89. The summed E-state index contributed by atoms with van der Waals surface area (Å²) < 4.78 is 73.7. The first-order valence-electron chi connectivity index (χ1n) is 23.6. The van der Waals surface area contributed by atoms with Gasteiger partial charge in [0, 0.05) is 0 Å². The fraction of sp³-hybridized carbons (Fsp3) is 0.333. The third-order valence-electron chi connectivity index (χ3n) is 12.2. The minimum atomic E-state index is -1.94. The maximum atomic E-state index is 13.8. The van der Waals surface area contributed by atoms with Crippen molar-refractivity contribution in [2.24, 2.45) is 0 Å². The van der Waals surface area contributed by atoms with Crippen LogP contribution < -0.4 is 0 Å². The standard InChI is InChI=1S/C57H58O13/c1-56(2)68-49-47(38-64-53(58)44-29-17-7-18-30-44)67-57(52(49)69-56,39-65-54(59)45-31-19-8-20-32-45)70-55-51(63-36-43-27-15-6-16-28-43)50(62-35-42-25-13-5-14-26-42)48(61-34-41-23-11-4-12-24-41)46(66-55)37-60-33-40-21-9-3-10-22-40/h3-32,46-52,55H,33-39H2,1-2H3/t46-,47-,48-,49-,50+,51+,52-,55+,57+/m1/s1. The van der Waals surface area contributed by atoms with Gasteiger partial charge >= 0.3 is 11.9 Å². The molecule has 0 unspecified atom stereocenters. The minimum absolute atomic E-state index is 0.0540. The van der Waals surface area contributed by atoms with E-state index in [0.717, 1.165) is 22.3 Å². The summed E-state index contributed by atoms with van der Waals surface area (Å²) in [5, 5.41) is 0. The first kappa shape index (κ1) is 48.9. The summed E-state index contributed by atoms with van der Waals surface area (Å²) in [4.78, 5) is 27.2. The number of fused-ring (bicyclic) bond motifs is 1. The molecular weight excluding hydrogens is 893 g/mol. The van der Waals surface area contributed by atoms with E-state index in [1.165, 1.54) is 0 Å². The maximum Gasteiger partial charge on any atom is 0.338 e. The van der Waals surface area contributed by atoms with Crippen molar-refractivity contribution in [1.82, 2.24) is 0 Å². The number of carbonyl (C=O) groups is 2. The number of benzene rings is 6. The molecule has 3 aliphatic heterocycles. The molecule has 13 heteroatoms. The van der Waals surface area contributed by atoms with Crippen molar-refractivity contribution < 1.29 is 61.7 Å². The molecule has 6 aromatic carbocycles. The Labute approximate surface area is 408 Å². The zero-order valence-electron chi connectivity index (χ0n) is 39.2. The summed E-state index contributed by atoms with van der Waals surface area (Å²) in [5.41, 5.74) is 4.39. The molecule has 70 heavy (non-hydrogen) atoms. The number of hydrogen-bond acceptors (Lipinski definition) is 13. The monoisotopic (exact) mass is 950 g/mol. The molecule has 3 aliphatic rings. The van der Waals surface area contributed by atoms with Crippen LogP contribution in [0.3, 0.4) is 0 Å². The lowest BCUT2D eigenvalue weighted by atomic mass is 9.97. The van der Waals surface area contributed by atoms with E-state index in [-0.39, 0.29) is 39.6 Å². The van der Waals surface area contributed by atoms with Gasteiger partial charge in [0.1, 0.15) is 55.9 Å². The van der Waals surface area contributed by atoms with E-state index < -0.39 is 79.1 Å². The van der Waals surface area contributed by atoms with Crippen LogP contribution in [0.4, 0.5) is 0 Å². The molecule has 0 spiro atoms. The molecule has 13 nitrogen and oxygen atoms in total. The number of ether oxygens (including phenoxy) is 11. The second-order valence-electron chi connectivity index (χ2n) is 17.8. The van der Waals surface area contributed by atoms with Crippen LogP contribution in [0, 0.1) is 0 Å². The normalized spacial score (nSPS) is 25.7. The number of carbonyl (C=O) groups excluding carboxylic acids is 2. The van der Waals surface area contributed by atoms with E-state index in [1.54, 1.807) is 62.4 Å². The van der Waals surface area contributed by atoms with Gasteiger partial charge in [-0.2, -0.15) is 0 Å². The summed E-state index contributed by atoms with van der Waals surface area (Å²) in [6, 6.07) is 56.5. The highest BCUT2D eigenvalue weighted by Crippen LogP contribution is 2.47. The third-order valence-corrected chi connectivity index (χ3v) is 12.2. The van der Waals surface area contributed by atoms with Gasteiger partial charge in [0.05, 0.1) is 44.2 Å². The molecule has 0 aliphatic carbocycles. The second kappa shape index (κ2) is 23.2. The van der Waals surface area contributed by atoms with Gasteiger partial charge in [-0.1, -0.05) is 158 Å². The van der Waals surface area contributed by atoms with Crippen LogP contribution >= 0.6 is 0 Å². The van der Waals surface area contributed by atoms with Gasteiger partial charge in [-0.3, -0.25) is 0 Å². The Kier molecular flexibility index (Phi) is 16.2. The van der Waals surface area contributed by atoms with Gasteiger partial charge in [0.25, 0.3) is 0 Å². The van der Waals surface area contributed by atoms with Crippen molar-refractivity contribution >= 4 is 11.9 Å². The lowest BCUT2D eigenvalue weighted by Gasteiger charge is -2.48. The number of esters is 2. The van der Waals surface area contributed by atoms with Crippen molar-refractivity contribution in [2.75, 3.05) is 19.8 Å². The Morgan fingerprint density at radius 2 is 0.914 bits per heavy atom. The Morgan fingerprint density at radius 3 is 1.43 bits per heavy atom. The van der Waals surface area contributed by atoms with Gasteiger partial charge in [0.2, 0.25) is 5.79 Å². The first-order valence-corrected chi connectivity index (χ1v) is 23.6. The molecule has 3 heterocycles. The summed E-state index contributed by atoms with van der Waals surface area (Å²) in [6.07, 6.45) is -7.68. The van der Waals surface area contributed by atoms with E-state index in [4.69, 9.17) is 52.1 Å². The molecule has 0 saturated carbocycles. The van der Waals surface area contributed by atoms with E-state index in [9.17, 15) is 9.59 Å². The summed E-state index contributed by atoms with van der Waals surface area (Å²) in [5.74, 6) is -4.30. The predicted molar refractivity (Wildman–Crippen MR) is 256 cm³/mol. The summed E-state index contributed by atoms with van der Waals surface area (Å²) in [7, 11) is 0. The second-order valence-corrected chi connectivity index (χ2v) is 17.8. The molecule has 9 atom stereocenters. The van der Waals surface area contributed by atoms with Crippen molar-refractivity contribution in [1.29, 1.82) is 0 Å². The molecule has 3 fully saturated rings. The minimum Gasteiger partial charge on any atom is -0.459 e. The Bertz CT molecular complexity index is 2540. The third kappa shape index (κ3) is 12.4. The van der Waals surface area contributed by atoms with Crippen molar-refractivity contribution in [2.45, 2.75) is 101 Å². The van der Waals surface area contributed by atoms with Crippen LogP contribution in [0.2, 0.25) is 0 Å². The zero-order valence-corrected chi connectivity index (χ0v) is 39.2. The lowest BCUT2D eigenvalue weighted by Crippen LogP contribution is -2.64. The molecule has 364 valence electrons. The molecular formula is C57H58O13. The zero-order chi connectivity index (χ0) is 48.2. The van der Waals surface area contributed by atoms with Crippen LogP contribution in [0.25, 0.3) is 0 Å². The topological polar surface area (TPSA) is 136 Å². The van der Waals surface area contributed by atoms with Crippen LogP contribution in [0.1, 0.15) is 56.8 Å². The molecule has 0 amide bonds. The molecule has 0 radical (unpaired) electrons. The van der Waals surface area contributed by atoms with Gasteiger partial charge in [-0.05, 0) is 60.4 Å². The molecule has 3 saturated heterocycles. The van der Waals surface area contributed by atoms with Crippen LogP contribution in [-0.4, -0.2) is 92.4 Å². The fourth-order valence-electron chi connectivity index (χ4n) is 8.84. The van der Waals surface area contributed by atoms with E-state index >= 15 is 0 Å². The van der Waals surface area contributed by atoms with Crippen molar-refractivity contribution in [3.63, 3.8) is 0 Å². The van der Waals surface area contributed by atoms with E-state index in [0.29, 0.717) is 11.1 Å². The average molecular weight is 951 g/mol. The predicted octanol–water partition coefficient (Wildman–Crippen LogP) is 9.03. The Hall–Kier alpha value is -6.10. The van der Waals surface area contributed by atoms with Gasteiger partial charge in [-0.15, -0.1) is 0 Å².